The molecule has 0 spiro atoms. The number of hydrogen-bond donors (Lipinski definition) is 1. The van der Waals surface area contributed by atoms with Crippen molar-refractivity contribution in [3.8, 4) is 6.07 Å². The quantitative estimate of drug-likeness (QED) is 0.681. The van der Waals surface area contributed by atoms with E-state index < -0.39 is 0 Å². The fourth-order valence-electron chi connectivity index (χ4n) is 4.59. The predicted octanol–water partition coefficient (Wildman–Crippen LogP) is 3.83. The number of carbonyl (C=O) groups excluding carboxylic acids is 1. The van der Waals surface area contributed by atoms with E-state index in [4.69, 9.17) is 9.72 Å². The minimum atomic E-state index is -0.376. The van der Waals surface area contributed by atoms with Gasteiger partial charge in [-0.25, -0.2) is 4.98 Å². The smallest absolute Gasteiger partial charge is 0.230 e. The molecule has 7 heteroatoms. The average Bonchev–Trinajstić information content (AvgIpc) is 3.53. The largest absolute Gasteiger partial charge is 0.378 e. The van der Waals surface area contributed by atoms with Crippen LogP contribution in [0.15, 0.2) is 24.4 Å². The van der Waals surface area contributed by atoms with E-state index in [2.05, 4.69) is 27.9 Å². The van der Waals surface area contributed by atoms with Gasteiger partial charge < -0.3 is 14.6 Å². The zero-order valence-electron chi connectivity index (χ0n) is 18.0. The van der Waals surface area contributed by atoms with Gasteiger partial charge in [0.2, 0.25) is 5.91 Å². The second-order valence-corrected chi connectivity index (χ2v) is 8.95. The lowest BCUT2D eigenvalue weighted by molar-refractivity contribution is -0.122. The topological polar surface area (TPSA) is 92.8 Å². The molecule has 2 aliphatic rings. The van der Waals surface area contributed by atoms with Crippen molar-refractivity contribution in [2.75, 3.05) is 13.2 Å². The van der Waals surface area contributed by atoms with Crippen LogP contribution in [-0.2, 0) is 9.53 Å². The van der Waals surface area contributed by atoms with Gasteiger partial charge in [0.1, 0.15) is 11.3 Å². The molecule has 1 aliphatic heterocycles. The maximum atomic E-state index is 13.0. The van der Waals surface area contributed by atoms with Crippen LogP contribution in [0.25, 0.3) is 21.9 Å². The van der Waals surface area contributed by atoms with Gasteiger partial charge in [-0.15, -0.1) is 0 Å². The first kappa shape index (κ1) is 20.0. The molecule has 31 heavy (non-hydrogen) atoms. The Hall–Kier alpha value is -2.98. The number of amides is 1. The predicted molar refractivity (Wildman–Crippen MR) is 118 cm³/mol. The van der Waals surface area contributed by atoms with Crippen LogP contribution in [0.4, 0.5) is 0 Å². The first-order valence-corrected chi connectivity index (χ1v) is 11.1. The van der Waals surface area contributed by atoms with Gasteiger partial charge in [0.25, 0.3) is 0 Å². The number of imidazole rings is 1. The molecule has 1 amide bonds. The minimum absolute atomic E-state index is 0.0125. The molecule has 7 nitrogen and oxygen atoms in total. The van der Waals surface area contributed by atoms with E-state index in [1.54, 1.807) is 12.3 Å². The highest BCUT2D eigenvalue weighted by atomic mass is 16.5. The summed E-state index contributed by atoms with van der Waals surface area (Å²) in [5.41, 5.74) is 3.13. The molecule has 1 unspecified atom stereocenters. The summed E-state index contributed by atoms with van der Waals surface area (Å²) >= 11 is 0. The summed E-state index contributed by atoms with van der Waals surface area (Å²) in [5, 5.41) is 13.4. The van der Waals surface area contributed by atoms with Gasteiger partial charge >= 0.3 is 0 Å². The number of nitrogens with one attached hydrogen (secondary N) is 1. The normalized spacial score (nSPS) is 22.4. The summed E-state index contributed by atoms with van der Waals surface area (Å²) in [7, 11) is 0. The Morgan fingerprint density at radius 3 is 2.94 bits per heavy atom. The monoisotopic (exact) mass is 417 g/mol. The molecule has 0 radical (unpaired) electrons. The summed E-state index contributed by atoms with van der Waals surface area (Å²) < 4.78 is 8.03. The molecule has 3 heterocycles. The minimum Gasteiger partial charge on any atom is -0.378 e. The Labute approximate surface area is 181 Å². The summed E-state index contributed by atoms with van der Waals surface area (Å²) in [6.07, 6.45) is 6.04. The number of benzene rings is 1. The van der Waals surface area contributed by atoms with E-state index in [0.717, 1.165) is 47.1 Å². The first-order valence-electron chi connectivity index (χ1n) is 11.1. The summed E-state index contributed by atoms with van der Waals surface area (Å²) in [5.74, 6) is 1.03. The molecular formula is C24H27N5O2. The van der Waals surface area contributed by atoms with E-state index in [1.165, 1.54) is 12.8 Å². The van der Waals surface area contributed by atoms with Gasteiger partial charge in [-0.05, 0) is 63.6 Å². The third-order valence-electron chi connectivity index (χ3n) is 6.54. The highest BCUT2D eigenvalue weighted by molar-refractivity contribution is 6.03. The summed E-state index contributed by atoms with van der Waals surface area (Å²) in [6.45, 7) is 5.44. The Bertz CT molecular complexity index is 1190. The van der Waals surface area contributed by atoms with Crippen molar-refractivity contribution in [2.24, 2.45) is 5.92 Å². The van der Waals surface area contributed by atoms with Crippen LogP contribution in [0.2, 0.25) is 0 Å². The average molecular weight is 418 g/mol. The lowest BCUT2D eigenvalue weighted by Gasteiger charge is -2.31. The molecule has 3 aromatic rings. The van der Waals surface area contributed by atoms with E-state index in [0.29, 0.717) is 18.1 Å². The highest BCUT2D eigenvalue weighted by Gasteiger charge is 2.31. The lowest BCUT2D eigenvalue weighted by Crippen LogP contribution is -2.33. The third kappa shape index (κ3) is 3.77. The zero-order valence-corrected chi connectivity index (χ0v) is 18.0. The molecule has 1 saturated heterocycles. The van der Waals surface area contributed by atoms with E-state index in [9.17, 15) is 10.1 Å². The SMILES string of the molecule is CC(C(=O)NCC1CC1)c1nc2cnc3ccc(C#N)cc3c2n1[C@@H]1CCO[C@H](C)C1. The molecule has 2 fully saturated rings. The van der Waals surface area contributed by atoms with Crippen LogP contribution in [0.3, 0.4) is 0 Å². The van der Waals surface area contributed by atoms with Crippen LogP contribution >= 0.6 is 0 Å². The Balaban J connectivity index is 1.66. The molecule has 0 bridgehead atoms. The van der Waals surface area contributed by atoms with Crippen LogP contribution in [0.1, 0.15) is 62.9 Å². The van der Waals surface area contributed by atoms with E-state index in [1.807, 2.05) is 19.1 Å². The molecule has 1 saturated carbocycles. The van der Waals surface area contributed by atoms with Gasteiger partial charge in [0.15, 0.2) is 0 Å². The second-order valence-electron chi connectivity index (χ2n) is 8.95. The van der Waals surface area contributed by atoms with Gasteiger partial charge in [-0.1, -0.05) is 0 Å². The molecule has 160 valence electrons. The Morgan fingerprint density at radius 2 is 2.19 bits per heavy atom. The fourth-order valence-corrected chi connectivity index (χ4v) is 4.59. The summed E-state index contributed by atoms with van der Waals surface area (Å²) in [4.78, 5) is 22.4. The number of pyridine rings is 1. The number of fused-ring (bicyclic) bond motifs is 3. The molecular weight excluding hydrogens is 390 g/mol. The van der Waals surface area contributed by atoms with Gasteiger partial charge in [0, 0.05) is 24.6 Å². The zero-order chi connectivity index (χ0) is 21.5. The van der Waals surface area contributed by atoms with Crippen LogP contribution < -0.4 is 5.32 Å². The molecule has 1 N–H and O–H groups in total. The second kappa shape index (κ2) is 7.93. The van der Waals surface area contributed by atoms with Gasteiger partial charge in [-0.2, -0.15) is 5.26 Å². The number of ether oxygens (including phenoxy) is 1. The highest BCUT2D eigenvalue weighted by Crippen LogP contribution is 2.36. The number of rotatable bonds is 5. The van der Waals surface area contributed by atoms with Crippen molar-refractivity contribution < 1.29 is 9.53 Å². The number of nitrogens with zero attached hydrogens (tertiary/aromatic N) is 4. The third-order valence-corrected chi connectivity index (χ3v) is 6.54. The van der Waals surface area contributed by atoms with E-state index in [-0.39, 0.29) is 24.0 Å². The number of carbonyl (C=O) groups is 1. The maximum absolute atomic E-state index is 13.0. The van der Waals surface area contributed by atoms with Crippen molar-refractivity contribution in [2.45, 2.75) is 57.6 Å². The van der Waals surface area contributed by atoms with Gasteiger partial charge in [-0.3, -0.25) is 9.78 Å². The fraction of sp³-hybridized carbons (Fsp3) is 0.500. The van der Waals surface area contributed by atoms with Gasteiger partial charge in [0.05, 0.1) is 40.9 Å². The summed E-state index contributed by atoms with van der Waals surface area (Å²) in [6, 6.07) is 7.95. The van der Waals surface area contributed by atoms with Crippen molar-refractivity contribution in [3.05, 3.63) is 35.8 Å². The van der Waals surface area contributed by atoms with E-state index >= 15 is 0 Å². The Kier molecular flexibility index (Phi) is 5.11. The van der Waals surface area contributed by atoms with Crippen molar-refractivity contribution >= 4 is 27.8 Å². The van der Waals surface area contributed by atoms with Crippen LogP contribution in [0.5, 0.6) is 0 Å². The number of nitriles is 1. The first-order chi connectivity index (χ1) is 15.0. The van der Waals surface area contributed by atoms with Crippen molar-refractivity contribution in [1.29, 1.82) is 5.26 Å². The van der Waals surface area contributed by atoms with Crippen LogP contribution in [0, 0.1) is 17.2 Å². The standard InChI is InChI=1S/C24H27N5O2/c1-14-9-18(7-8-31-14)29-22-19-10-17(11-25)5-6-20(19)26-13-21(22)28-23(29)15(2)24(30)27-12-16-3-4-16/h5-6,10,13-16,18H,3-4,7-9,12H2,1-2H3,(H,27,30)/t14-,15?,18-/m1/s1. The van der Waals surface area contributed by atoms with Crippen molar-refractivity contribution in [1.82, 2.24) is 19.9 Å². The molecule has 5 rings (SSSR count). The molecule has 3 atom stereocenters. The lowest BCUT2D eigenvalue weighted by atomic mass is 10.0. The maximum Gasteiger partial charge on any atom is 0.230 e. The number of aromatic nitrogens is 3. The van der Waals surface area contributed by atoms with Crippen LogP contribution in [-0.4, -0.2) is 39.7 Å². The molecule has 2 aromatic heterocycles. The van der Waals surface area contributed by atoms with Crippen molar-refractivity contribution in [3.63, 3.8) is 0 Å². The molecule has 1 aromatic carbocycles. The molecule has 1 aliphatic carbocycles. The number of hydrogen-bond acceptors (Lipinski definition) is 5. The Morgan fingerprint density at radius 1 is 1.35 bits per heavy atom.